The van der Waals surface area contributed by atoms with Gasteiger partial charge in [-0.15, -0.1) is 0 Å². The molecule has 4 heteroatoms. The molecule has 0 aliphatic heterocycles. The normalized spacial score (nSPS) is 10.8. The molecule has 2 nitrogen and oxygen atoms in total. The van der Waals surface area contributed by atoms with Crippen LogP contribution in [0, 0.1) is 10.5 Å². The number of carbonyl (C=O) groups is 1. The van der Waals surface area contributed by atoms with Crippen molar-refractivity contribution in [2.75, 3.05) is 0 Å². The van der Waals surface area contributed by atoms with E-state index >= 15 is 0 Å². The van der Waals surface area contributed by atoms with E-state index in [1.54, 1.807) is 6.08 Å². The lowest BCUT2D eigenvalue weighted by molar-refractivity contribution is -0.131. The molecule has 14 heavy (non-hydrogen) atoms. The lowest BCUT2D eigenvalue weighted by atomic mass is 10.1. The van der Waals surface area contributed by atoms with E-state index in [4.69, 9.17) is 5.11 Å². The minimum absolute atomic E-state index is 0.928. The molecule has 0 bridgehead atoms. The zero-order valence-electron chi connectivity index (χ0n) is 7.42. The fourth-order valence-electron chi connectivity index (χ4n) is 1.08. The molecule has 0 unspecified atom stereocenters. The van der Waals surface area contributed by atoms with Crippen LogP contribution in [0.25, 0.3) is 6.08 Å². The van der Waals surface area contributed by atoms with Crippen LogP contribution in [0.15, 0.2) is 22.7 Å². The van der Waals surface area contributed by atoms with Gasteiger partial charge in [-0.1, -0.05) is 15.9 Å². The van der Waals surface area contributed by atoms with Crippen LogP contribution in [0.4, 0.5) is 0 Å². The highest BCUT2D eigenvalue weighted by molar-refractivity contribution is 14.1. The Morgan fingerprint density at radius 2 is 2.21 bits per heavy atom. The lowest BCUT2D eigenvalue weighted by Gasteiger charge is -2.04. The summed E-state index contributed by atoms with van der Waals surface area (Å²) < 4.78 is 2.04. The number of carboxylic acid groups (broad SMARTS) is 1. The summed E-state index contributed by atoms with van der Waals surface area (Å²) in [5.41, 5.74) is 2.01. The van der Waals surface area contributed by atoms with Crippen LogP contribution in [0.5, 0.6) is 0 Å². The summed E-state index contributed by atoms with van der Waals surface area (Å²) in [6, 6.07) is 3.92. The third-order valence-electron chi connectivity index (χ3n) is 1.69. The van der Waals surface area contributed by atoms with Crippen LogP contribution >= 0.6 is 38.5 Å². The highest BCUT2D eigenvalue weighted by atomic mass is 127. The first-order valence-corrected chi connectivity index (χ1v) is 5.74. The highest BCUT2D eigenvalue weighted by Gasteiger charge is 2.02. The number of carboxylic acids is 1. The third-order valence-corrected chi connectivity index (χ3v) is 3.04. The average Bonchev–Trinajstić information content (AvgIpc) is 2.01. The van der Waals surface area contributed by atoms with Gasteiger partial charge in [0.05, 0.1) is 0 Å². The Bertz CT molecular complexity index is 376. The lowest BCUT2D eigenvalue weighted by Crippen LogP contribution is -1.90. The molecule has 0 aliphatic carbocycles. The molecular weight excluding hydrogens is 359 g/mol. The molecule has 0 saturated carbocycles. The van der Waals surface area contributed by atoms with Gasteiger partial charge in [-0.3, -0.25) is 0 Å². The zero-order chi connectivity index (χ0) is 10.7. The molecule has 0 fully saturated rings. The predicted octanol–water partition coefficient (Wildman–Crippen LogP) is 3.46. The molecule has 0 radical (unpaired) electrons. The number of rotatable bonds is 2. The number of aliphatic carboxylic acids is 1. The number of halogens is 2. The molecule has 1 aromatic rings. The van der Waals surface area contributed by atoms with Gasteiger partial charge in [-0.25, -0.2) is 4.79 Å². The Morgan fingerprint density at radius 3 is 2.71 bits per heavy atom. The SMILES string of the molecule is Cc1cc(Br)cc(I)c1/C=C/C(=O)O. The van der Waals surface area contributed by atoms with E-state index in [0.29, 0.717) is 0 Å². The average molecular weight is 367 g/mol. The van der Waals surface area contributed by atoms with Crippen LogP contribution < -0.4 is 0 Å². The molecule has 1 aromatic carbocycles. The van der Waals surface area contributed by atoms with Crippen LogP contribution in [-0.2, 0) is 4.79 Å². The third kappa shape index (κ3) is 3.09. The molecule has 0 atom stereocenters. The fourth-order valence-corrected chi connectivity index (χ4v) is 3.02. The van der Waals surface area contributed by atoms with Gasteiger partial charge in [-0.2, -0.15) is 0 Å². The van der Waals surface area contributed by atoms with Gasteiger partial charge in [0.25, 0.3) is 0 Å². The maximum absolute atomic E-state index is 10.4. The van der Waals surface area contributed by atoms with Crippen LogP contribution in [0.2, 0.25) is 0 Å². The molecule has 1 rings (SSSR count). The van der Waals surface area contributed by atoms with E-state index in [9.17, 15) is 4.79 Å². The summed E-state index contributed by atoms with van der Waals surface area (Å²) in [5, 5.41) is 8.51. The van der Waals surface area contributed by atoms with Crippen molar-refractivity contribution in [3.05, 3.63) is 37.4 Å². The fraction of sp³-hybridized carbons (Fsp3) is 0.100. The van der Waals surface area contributed by atoms with E-state index in [1.165, 1.54) is 0 Å². The Labute approximate surface area is 104 Å². The van der Waals surface area contributed by atoms with Gasteiger partial charge in [-0.05, 0) is 58.9 Å². The maximum atomic E-state index is 10.4. The quantitative estimate of drug-likeness (QED) is 0.642. The first-order valence-electron chi connectivity index (χ1n) is 3.87. The molecule has 0 amide bonds. The van der Waals surface area contributed by atoms with Crippen molar-refractivity contribution in [2.24, 2.45) is 0 Å². The second kappa shape index (κ2) is 4.93. The van der Waals surface area contributed by atoms with Gasteiger partial charge < -0.3 is 5.11 Å². The van der Waals surface area contributed by atoms with Crippen molar-refractivity contribution >= 4 is 50.6 Å². The summed E-state index contributed by atoms with van der Waals surface area (Å²) >= 11 is 5.57. The van der Waals surface area contributed by atoms with E-state index < -0.39 is 5.97 Å². The van der Waals surface area contributed by atoms with Gasteiger partial charge in [0.2, 0.25) is 0 Å². The van der Waals surface area contributed by atoms with Crippen LogP contribution in [-0.4, -0.2) is 11.1 Å². The number of hydrogen-bond donors (Lipinski definition) is 1. The smallest absolute Gasteiger partial charge is 0.328 e. The molecule has 0 heterocycles. The summed E-state index contributed by atoms with van der Waals surface area (Å²) in [4.78, 5) is 10.4. The predicted molar refractivity (Wildman–Crippen MR) is 68.3 cm³/mol. The Hall–Kier alpha value is -0.360. The molecule has 74 valence electrons. The van der Waals surface area contributed by atoms with Crippen molar-refractivity contribution in [3.63, 3.8) is 0 Å². The standard InChI is InChI=1S/C10H8BrIO2/c1-6-4-7(11)5-9(12)8(6)2-3-10(13)14/h2-5H,1H3,(H,13,14)/b3-2+. The topological polar surface area (TPSA) is 37.3 Å². The minimum Gasteiger partial charge on any atom is -0.478 e. The van der Waals surface area contributed by atoms with Crippen molar-refractivity contribution in [3.8, 4) is 0 Å². The van der Waals surface area contributed by atoms with Gasteiger partial charge in [0.15, 0.2) is 0 Å². The summed E-state index contributed by atoms with van der Waals surface area (Å²) in [6.45, 7) is 1.95. The number of hydrogen-bond acceptors (Lipinski definition) is 1. The highest BCUT2D eigenvalue weighted by Crippen LogP contribution is 2.23. The van der Waals surface area contributed by atoms with Crippen molar-refractivity contribution in [1.82, 2.24) is 0 Å². The summed E-state index contributed by atoms with van der Waals surface area (Å²) in [5.74, 6) is -0.928. The van der Waals surface area contributed by atoms with Crippen LogP contribution in [0.3, 0.4) is 0 Å². The Balaban J connectivity index is 3.15. The molecule has 0 saturated heterocycles. The van der Waals surface area contributed by atoms with Gasteiger partial charge in [0, 0.05) is 14.1 Å². The number of aryl methyl sites for hydroxylation is 1. The van der Waals surface area contributed by atoms with Gasteiger partial charge >= 0.3 is 5.97 Å². The van der Waals surface area contributed by atoms with E-state index in [1.807, 2.05) is 19.1 Å². The Kier molecular flexibility index (Phi) is 4.12. The van der Waals surface area contributed by atoms with E-state index in [-0.39, 0.29) is 0 Å². The zero-order valence-corrected chi connectivity index (χ0v) is 11.2. The first-order chi connectivity index (χ1) is 6.50. The molecule has 0 aliphatic rings. The van der Waals surface area contributed by atoms with Crippen LogP contribution in [0.1, 0.15) is 11.1 Å². The van der Waals surface area contributed by atoms with Gasteiger partial charge in [0.1, 0.15) is 0 Å². The second-order valence-electron chi connectivity index (χ2n) is 2.79. The summed E-state index contributed by atoms with van der Waals surface area (Å²) in [7, 11) is 0. The van der Waals surface area contributed by atoms with E-state index in [2.05, 4.69) is 38.5 Å². The molecule has 0 spiro atoms. The number of benzene rings is 1. The van der Waals surface area contributed by atoms with Crippen molar-refractivity contribution in [1.29, 1.82) is 0 Å². The Morgan fingerprint density at radius 1 is 1.57 bits per heavy atom. The minimum atomic E-state index is -0.928. The van der Waals surface area contributed by atoms with E-state index in [0.717, 1.165) is 25.2 Å². The molecule has 1 N–H and O–H groups in total. The first kappa shape index (κ1) is 11.7. The summed E-state index contributed by atoms with van der Waals surface area (Å²) in [6.07, 6.45) is 2.77. The second-order valence-corrected chi connectivity index (χ2v) is 4.87. The molecular formula is C10H8BrIO2. The van der Waals surface area contributed by atoms with Crippen molar-refractivity contribution < 1.29 is 9.90 Å². The largest absolute Gasteiger partial charge is 0.478 e. The maximum Gasteiger partial charge on any atom is 0.328 e. The van der Waals surface area contributed by atoms with Crippen molar-refractivity contribution in [2.45, 2.75) is 6.92 Å². The molecule has 0 aromatic heterocycles. The monoisotopic (exact) mass is 366 g/mol.